The molecule has 0 heterocycles. The van der Waals surface area contributed by atoms with Crippen LogP contribution in [-0.2, 0) is 19.3 Å². The molecule has 0 saturated carbocycles. The molecule has 0 fully saturated rings. The number of benzene rings is 2. The Morgan fingerprint density at radius 2 is 0.829 bits per heavy atom. The van der Waals surface area contributed by atoms with Crippen LogP contribution in [0.3, 0.4) is 0 Å². The Kier molecular flexibility index (Phi) is 19.1. The predicted octanol–water partition coefficient (Wildman–Crippen LogP) is 12.9. The average Bonchev–Trinajstić information content (AvgIpc) is 2.98. The molecular formula is C39H62N2. The first kappa shape index (κ1) is 35.0. The summed E-state index contributed by atoms with van der Waals surface area (Å²) in [5.41, 5.74) is 8.95. The molecule has 0 N–H and O–H groups in total. The monoisotopic (exact) mass is 558 g/mol. The lowest BCUT2D eigenvalue weighted by Crippen LogP contribution is -2.14. The Bertz CT molecular complexity index is 970. The average molecular weight is 559 g/mol. The highest BCUT2D eigenvalue weighted by Gasteiger charge is 2.12. The van der Waals surface area contributed by atoms with Gasteiger partial charge in [-0.25, -0.2) is 0 Å². The molecule has 0 aliphatic carbocycles. The molecule has 2 rings (SSSR count). The fourth-order valence-corrected chi connectivity index (χ4v) is 5.45. The second-order valence-electron chi connectivity index (χ2n) is 12.1. The van der Waals surface area contributed by atoms with Gasteiger partial charge in [0.15, 0.2) is 0 Å². The highest BCUT2D eigenvalue weighted by Crippen LogP contribution is 2.24. The molecule has 0 aliphatic rings. The van der Waals surface area contributed by atoms with E-state index in [4.69, 9.17) is 9.98 Å². The maximum absolute atomic E-state index is 5.39. The number of hydrogen-bond donors (Lipinski definition) is 0. The van der Waals surface area contributed by atoms with Crippen LogP contribution in [0.1, 0.15) is 160 Å². The van der Waals surface area contributed by atoms with Gasteiger partial charge < -0.3 is 0 Å². The van der Waals surface area contributed by atoms with Gasteiger partial charge in [0.1, 0.15) is 0 Å². The normalized spacial score (nSPS) is 12.3. The SMILES string of the molecule is CCCCCCCc1ccc(N=C(CCCC)C(CCCC)=Nc2cc(CCCCC)cc(CCCCC)c2)cc1. The summed E-state index contributed by atoms with van der Waals surface area (Å²) in [4.78, 5) is 10.7. The van der Waals surface area contributed by atoms with E-state index >= 15 is 0 Å². The molecule has 228 valence electrons. The van der Waals surface area contributed by atoms with Crippen LogP contribution in [-0.4, -0.2) is 11.4 Å². The van der Waals surface area contributed by atoms with Crippen molar-refractivity contribution in [3.05, 3.63) is 59.2 Å². The minimum atomic E-state index is 0.998. The van der Waals surface area contributed by atoms with E-state index in [1.54, 1.807) is 0 Å². The van der Waals surface area contributed by atoms with Gasteiger partial charge in [-0.15, -0.1) is 0 Å². The summed E-state index contributed by atoms with van der Waals surface area (Å²) in [7, 11) is 0. The van der Waals surface area contributed by atoms with Crippen LogP contribution in [0.15, 0.2) is 52.4 Å². The second kappa shape index (κ2) is 22.4. The first-order valence-corrected chi connectivity index (χ1v) is 17.5. The van der Waals surface area contributed by atoms with E-state index in [0.29, 0.717) is 0 Å². The number of hydrogen-bond acceptors (Lipinski definition) is 2. The van der Waals surface area contributed by atoms with Crippen molar-refractivity contribution in [3.63, 3.8) is 0 Å². The van der Waals surface area contributed by atoms with E-state index < -0.39 is 0 Å². The smallest absolute Gasteiger partial charge is 0.0639 e. The number of rotatable bonds is 23. The molecule has 0 radical (unpaired) electrons. The van der Waals surface area contributed by atoms with Crippen LogP contribution in [0.2, 0.25) is 0 Å². The Balaban J connectivity index is 2.36. The molecule has 0 atom stereocenters. The molecule has 0 unspecified atom stereocenters. The molecule has 2 heteroatoms. The van der Waals surface area contributed by atoms with E-state index in [2.05, 4.69) is 77.1 Å². The largest absolute Gasteiger partial charge is 0.252 e. The molecular weight excluding hydrogens is 496 g/mol. The zero-order chi connectivity index (χ0) is 29.5. The van der Waals surface area contributed by atoms with Crippen LogP contribution >= 0.6 is 0 Å². The minimum absolute atomic E-state index is 0.998. The van der Waals surface area contributed by atoms with Gasteiger partial charge in [-0.05, 0) is 105 Å². The van der Waals surface area contributed by atoms with Gasteiger partial charge >= 0.3 is 0 Å². The standard InChI is InChI=1S/C39H62N2/c1-6-11-16-17-20-21-33-26-28-36(29-27-33)40-38(24-14-9-4)39(25-15-10-5)41-37-31-34(22-18-12-7-2)30-35(32-37)23-19-13-8-3/h26-32H,6-25H2,1-5H3. The highest BCUT2D eigenvalue weighted by atomic mass is 14.8. The van der Waals surface area contributed by atoms with Crippen molar-refractivity contribution in [1.82, 2.24) is 0 Å². The maximum atomic E-state index is 5.39. The third kappa shape index (κ3) is 15.0. The molecule has 0 aromatic heterocycles. The van der Waals surface area contributed by atoms with E-state index in [-0.39, 0.29) is 0 Å². The number of unbranched alkanes of at least 4 members (excludes halogenated alkanes) is 10. The Hall–Kier alpha value is -2.22. The zero-order valence-electron chi connectivity index (χ0n) is 27.6. The van der Waals surface area contributed by atoms with Crippen molar-refractivity contribution in [3.8, 4) is 0 Å². The topological polar surface area (TPSA) is 24.7 Å². The second-order valence-corrected chi connectivity index (χ2v) is 12.1. The van der Waals surface area contributed by atoms with E-state index in [0.717, 1.165) is 49.9 Å². The van der Waals surface area contributed by atoms with Crippen molar-refractivity contribution < 1.29 is 0 Å². The summed E-state index contributed by atoms with van der Waals surface area (Å²) in [5.74, 6) is 0. The maximum Gasteiger partial charge on any atom is 0.0639 e. The summed E-state index contributed by atoms with van der Waals surface area (Å²) < 4.78 is 0. The Labute approximate surface area is 254 Å². The van der Waals surface area contributed by atoms with Gasteiger partial charge in [0.25, 0.3) is 0 Å². The molecule has 2 nitrogen and oxygen atoms in total. The summed E-state index contributed by atoms with van der Waals surface area (Å²) in [6.07, 6.45) is 24.4. The Morgan fingerprint density at radius 1 is 0.415 bits per heavy atom. The summed E-state index contributed by atoms with van der Waals surface area (Å²) in [6.45, 7) is 11.4. The van der Waals surface area contributed by atoms with Crippen molar-refractivity contribution in [2.45, 2.75) is 163 Å². The van der Waals surface area contributed by atoms with Gasteiger partial charge in [-0.1, -0.05) is 117 Å². The molecule has 0 amide bonds. The fourth-order valence-electron chi connectivity index (χ4n) is 5.45. The molecule has 2 aromatic carbocycles. The lowest BCUT2D eigenvalue weighted by atomic mass is 9.99. The zero-order valence-corrected chi connectivity index (χ0v) is 27.6. The van der Waals surface area contributed by atoms with E-state index in [9.17, 15) is 0 Å². The number of nitrogens with zero attached hydrogens (tertiary/aromatic N) is 2. The highest BCUT2D eigenvalue weighted by molar-refractivity contribution is 6.43. The van der Waals surface area contributed by atoms with Gasteiger partial charge in [-0.2, -0.15) is 0 Å². The minimum Gasteiger partial charge on any atom is -0.252 e. The Morgan fingerprint density at radius 3 is 1.34 bits per heavy atom. The molecule has 0 spiro atoms. The molecule has 2 aromatic rings. The lowest BCUT2D eigenvalue weighted by Gasteiger charge is -2.13. The number of aliphatic imine (C=N–C) groups is 2. The van der Waals surface area contributed by atoms with Gasteiger partial charge in [0, 0.05) is 0 Å². The molecule has 0 saturated heterocycles. The number of aryl methyl sites for hydroxylation is 3. The fraction of sp³-hybridized carbons (Fsp3) is 0.641. The van der Waals surface area contributed by atoms with Crippen molar-refractivity contribution >= 4 is 22.8 Å². The lowest BCUT2D eigenvalue weighted by molar-refractivity contribution is 0.632. The van der Waals surface area contributed by atoms with Crippen molar-refractivity contribution in [2.75, 3.05) is 0 Å². The summed E-state index contributed by atoms with van der Waals surface area (Å²) in [6, 6.07) is 16.2. The van der Waals surface area contributed by atoms with E-state index in [1.165, 1.54) is 118 Å². The van der Waals surface area contributed by atoms with Gasteiger partial charge in [0.2, 0.25) is 0 Å². The van der Waals surface area contributed by atoms with Crippen LogP contribution in [0.25, 0.3) is 0 Å². The summed E-state index contributed by atoms with van der Waals surface area (Å²) in [5, 5.41) is 0. The van der Waals surface area contributed by atoms with Crippen molar-refractivity contribution in [2.24, 2.45) is 9.98 Å². The molecule has 0 bridgehead atoms. The van der Waals surface area contributed by atoms with Crippen LogP contribution < -0.4 is 0 Å². The third-order valence-corrected chi connectivity index (χ3v) is 8.08. The van der Waals surface area contributed by atoms with Gasteiger partial charge in [0.05, 0.1) is 22.8 Å². The summed E-state index contributed by atoms with van der Waals surface area (Å²) >= 11 is 0. The molecule has 0 aliphatic heterocycles. The van der Waals surface area contributed by atoms with Crippen LogP contribution in [0.5, 0.6) is 0 Å². The quantitative estimate of drug-likeness (QED) is 0.0957. The predicted molar refractivity (Wildman–Crippen MR) is 185 cm³/mol. The third-order valence-electron chi connectivity index (χ3n) is 8.08. The van der Waals surface area contributed by atoms with E-state index in [1.807, 2.05) is 0 Å². The molecule has 41 heavy (non-hydrogen) atoms. The van der Waals surface area contributed by atoms with Crippen LogP contribution in [0.4, 0.5) is 11.4 Å². The first-order valence-electron chi connectivity index (χ1n) is 17.5. The van der Waals surface area contributed by atoms with Crippen molar-refractivity contribution in [1.29, 1.82) is 0 Å². The first-order chi connectivity index (χ1) is 20.1. The van der Waals surface area contributed by atoms with Crippen LogP contribution in [0, 0.1) is 0 Å². The van der Waals surface area contributed by atoms with Gasteiger partial charge in [-0.3, -0.25) is 9.98 Å².